The van der Waals surface area contributed by atoms with Gasteiger partial charge in [-0.1, -0.05) is 41.9 Å². The molecule has 0 amide bonds. The predicted octanol–water partition coefficient (Wildman–Crippen LogP) is 2.40. The maximum atomic E-state index is 12.1. The lowest BCUT2D eigenvalue weighted by atomic mass is 10.1. The molecule has 0 aliphatic rings. The fourth-order valence-corrected chi connectivity index (χ4v) is 2.04. The summed E-state index contributed by atoms with van der Waals surface area (Å²) in [6.45, 7) is 6.31. The van der Waals surface area contributed by atoms with Crippen molar-refractivity contribution in [1.29, 1.82) is 0 Å². The van der Waals surface area contributed by atoms with Gasteiger partial charge in [0.25, 0.3) is 0 Å². The van der Waals surface area contributed by atoms with Crippen molar-refractivity contribution in [3.05, 3.63) is 34.3 Å². The lowest BCUT2D eigenvalue weighted by Gasteiger charge is -2.17. The van der Waals surface area contributed by atoms with Crippen LogP contribution in [0.4, 0.5) is 0 Å². The summed E-state index contributed by atoms with van der Waals surface area (Å²) in [4.78, 5) is 12.1. The Hall–Kier alpha value is -0.750. The summed E-state index contributed by atoms with van der Waals surface area (Å²) in [6.07, 6.45) is -1.19. The van der Waals surface area contributed by atoms with Crippen molar-refractivity contribution in [2.45, 2.75) is 39.0 Å². The fourth-order valence-electron chi connectivity index (χ4n) is 1.64. The number of aliphatic hydroxyl groups excluding tert-OH is 1. The maximum Gasteiger partial charge on any atom is 0.191 e. The number of halogens is 1. The van der Waals surface area contributed by atoms with Crippen LogP contribution in [0, 0.1) is 0 Å². The third-order valence-electron chi connectivity index (χ3n) is 2.78. The Morgan fingerprint density at radius 1 is 1.40 bits per heavy atom. The summed E-state index contributed by atoms with van der Waals surface area (Å²) in [5.41, 5.74) is 0.599. The van der Waals surface area contributed by atoms with E-state index in [1.54, 1.807) is 19.1 Å². The number of rotatable bonds is 8. The SMILES string of the molecule is CC(C)NCC(O)COC(C)C(=O)c1cccc(Br)c1. The van der Waals surface area contributed by atoms with Gasteiger partial charge in [-0.05, 0) is 19.1 Å². The van der Waals surface area contributed by atoms with Gasteiger partial charge in [-0.25, -0.2) is 0 Å². The molecule has 2 atom stereocenters. The number of aliphatic hydroxyl groups is 1. The van der Waals surface area contributed by atoms with E-state index in [1.807, 2.05) is 26.0 Å². The monoisotopic (exact) mass is 343 g/mol. The first-order valence-electron chi connectivity index (χ1n) is 6.73. The van der Waals surface area contributed by atoms with Gasteiger partial charge in [-0.15, -0.1) is 0 Å². The molecule has 1 aromatic rings. The molecule has 2 unspecified atom stereocenters. The molecule has 0 heterocycles. The van der Waals surface area contributed by atoms with Crippen molar-refractivity contribution in [3.63, 3.8) is 0 Å². The highest BCUT2D eigenvalue weighted by Crippen LogP contribution is 2.14. The molecule has 2 N–H and O–H groups in total. The van der Waals surface area contributed by atoms with Crippen molar-refractivity contribution in [2.24, 2.45) is 0 Å². The molecule has 112 valence electrons. The molecule has 0 fully saturated rings. The Balaban J connectivity index is 2.42. The van der Waals surface area contributed by atoms with Gasteiger partial charge in [-0.3, -0.25) is 4.79 Å². The predicted molar refractivity (Wildman–Crippen MR) is 83.0 cm³/mol. The van der Waals surface area contributed by atoms with E-state index in [0.717, 1.165) is 4.47 Å². The van der Waals surface area contributed by atoms with Crippen LogP contribution in [0.15, 0.2) is 28.7 Å². The Morgan fingerprint density at radius 3 is 2.70 bits per heavy atom. The minimum absolute atomic E-state index is 0.0877. The van der Waals surface area contributed by atoms with Gasteiger partial charge >= 0.3 is 0 Å². The summed E-state index contributed by atoms with van der Waals surface area (Å²) < 4.78 is 6.30. The first-order chi connectivity index (χ1) is 9.40. The van der Waals surface area contributed by atoms with Gasteiger partial charge in [0.1, 0.15) is 6.10 Å². The number of carbonyl (C=O) groups is 1. The summed E-state index contributed by atoms with van der Waals surface area (Å²) in [7, 11) is 0. The zero-order chi connectivity index (χ0) is 15.1. The molecule has 0 aliphatic carbocycles. The molecule has 0 radical (unpaired) electrons. The first kappa shape index (κ1) is 17.3. The normalized spacial score (nSPS) is 14.3. The summed E-state index contributed by atoms with van der Waals surface area (Å²) in [5.74, 6) is -0.0877. The third-order valence-corrected chi connectivity index (χ3v) is 3.27. The van der Waals surface area contributed by atoms with Crippen molar-refractivity contribution in [3.8, 4) is 0 Å². The van der Waals surface area contributed by atoms with Crippen LogP contribution in [0.3, 0.4) is 0 Å². The number of hydrogen-bond acceptors (Lipinski definition) is 4. The quantitative estimate of drug-likeness (QED) is 0.711. The zero-order valence-corrected chi connectivity index (χ0v) is 13.7. The Kier molecular flexibility index (Phi) is 7.37. The lowest BCUT2D eigenvalue weighted by molar-refractivity contribution is 0.00374. The highest BCUT2D eigenvalue weighted by molar-refractivity contribution is 9.10. The number of ether oxygens (including phenoxy) is 1. The average Bonchev–Trinajstić information content (AvgIpc) is 2.41. The van der Waals surface area contributed by atoms with Crippen LogP contribution in [0.5, 0.6) is 0 Å². The minimum atomic E-state index is -0.616. The highest BCUT2D eigenvalue weighted by Gasteiger charge is 2.17. The molecule has 0 aliphatic heterocycles. The van der Waals surface area contributed by atoms with Gasteiger partial charge < -0.3 is 15.2 Å². The topological polar surface area (TPSA) is 58.6 Å². The molecule has 4 nitrogen and oxygen atoms in total. The zero-order valence-electron chi connectivity index (χ0n) is 12.1. The van der Waals surface area contributed by atoms with Gasteiger partial charge in [0.2, 0.25) is 0 Å². The van der Waals surface area contributed by atoms with E-state index >= 15 is 0 Å². The molecular weight excluding hydrogens is 322 g/mol. The number of nitrogens with one attached hydrogen (secondary N) is 1. The van der Waals surface area contributed by atoms with Crippen molar-refractivity contribution >= 4 is 21.7 Å². The standard InChI is InChI=1S/C15H22BrNO3/c1-10(2)17-8-14(18)9-20-11(3)15(19)12-5-4-6-13(16)7-12/h4-7,10-11,14,17-18H,8-9H2,1-3H3. The Labute approximate surface area is 128 Å². The van der Waals surface area contributed by atoms with Crippen molar-refractivity contribution < 1.29 is 14.6 Å². The molecule has 0 aromatic heterocycles. The number of benzene rings is 1. The van der Waals surface area contributed by atoms with E-state index < -0.39 is 12.2 Å². The smallest absolute Gasteiger partial charge is 0.191 e. The van der Waals surface area contributed by atoms with E-state index in [-0.39, 0.29) is 12.4 Å². The second-order valence-corrected chi connectivity index (χ2v) is 5.98. The van der Waals surface area contributed by atoms with Crippen LogP contribution in [0.1, 0.15) is 31.1 Å². The molecule has 0 bridgehead atoms. The summed E-state index contributed by atoms with van der Waals surface area (Å²) in [5, 5.41) is 12.9. The third kappa shape index (κ3) is 6.13. The van der Waals surface area contributed by atoms with Crippen LogP contribution >= 0.6 is 15.9 Å². The Morgan fingerprint density at radius 2 is 2.10 bits per heavy atom. The van der Waals surface area contributed by atoms with Gasteiger partial charge in [0, 0.05) is 22.6 Å². The van der Waals surface area contributed by atoms with Crippen molar-refractivity contribution in [2.75, 3.05) is 13.2 Å². The van der Waals surface area contributed by atoms with Crippen LogP contribution in [0.25, 0.3) is 0 Å². The number of Topliss-reactive ketones (excluding diaryl/α,β-unsaturated/α-hetero) is 1. The maximum absolute atomic E-state index is 12.1. The van der Waals surface area contributed by atoms with E-state index in [9.17, 15) is 9.90 Å². The molecule has 0 saturated heterocycles. The number of ketones is 1. The van der Waals surface area contributed by atoms with Crippen LogP contribution in [-0.2, 0) is 4.74 Å². The van der Waals surface area contributed by atoms with E-state index in [1.165, 1.54) is 0 Å². The largest absolute Gasteiger partial charge is 0.389 e. The van der Waals surface area contributed by atoms with Gasteiger partial charge in [0.05, 0.1) is 12.7 Å². The van der Waals surface area contributed by atoms with Crippen LogP contribution in [0.2, 0.25) is 0 Å². The second kappa shape index (κ2) is 8.52. The summed E-state index contributed by atoms with van der Waals surface area (Å²) >= 11 is 3.33. The minimum Gasteiger partial charge on any atom is -0.389 e. The number of hydrogen-bond donors (Lipinski definition) is 2. The number of carbonyl (C=O) groups excluding carboxylic acids is 1. The average molecular weight is 344 g/mol. The highest BCUT2D eigenvalue weighted by atomic mass is 79.9. The fraction of sp³-hybridized carbons (Fsp3) is 0.533. The van der Waals surface area contributed by atoms with E-state index in [4.69, 9.17) is 4.74 Å². The molecular formula is C15H22BrNO3. The Bertz CT molecular complexity index is 437. The summed E-state index contributed by atoms with van der Waals surface area (Å²) in [6, 6.07) is 7.50. The van der Waals surface area contributed by atoms with Crippen molar-refractivity contribution in [1.82, 2.24) is 5.32 Å². The first-order valence-corrected chi connectivity index (χ1v) is 7.52. The second-order valence-electron chi connectivity index (χ2n) is 5.07. The van der Waals surface area contributed by atoms with Gasteiger partial charge in [-0.2, -0.15) is 0 Å². The molecule has 1 aromatic carbocycles. The molecule has 20 heavy (non-hydrogen) atoms. The molecule has 5 heteroatoms. The molecule has 1 rings (SSSR count). The van der Waals surface area contributed by atoms with E-state index in [2.05, 4.69) is 21.2 Å². The molecule has 0 spiro atoms. The lowest BCUT2D eigenvalue weighted by Crippen LogP contribution is -2.36. The van der Waals surface area contributed by atoms with Gasteiger partial charge in [0.15, 0.2) is 5.78 Å². The van der Waals surface area contributed by atoms with Crippen LogP contribution < -0.4 is 5.32 Å². The molecule has 0 saturated carbocycles. The van der Waals surface area contributed by atoms with E-state index in [0.29, 0.717) is 18.2 Å². The van der Waals surface area contributed by atoms with Crippen LogP contribution in [-0.4, -0.2) is 42.3 Å².